The molecule has 1 rings (SSSR count). The first-order valence-corrected chi connectivity index (χ1v) is 6.92. The summed E-state index contributed by atoms with van der Waals surface area (Å²) in [6, 6.07) is 3.30. The van der Waals surface area contributed by atoms with Gasteiger partial charge in [-0.3, -0.25) is 4.90 Å². The molecule has 7 heteroatoms. The van der Waals surface area contributed by atoms with E-state index < -0.39 is 23.7 Å². The van der Waals surface area contributed by atoms with E-state index in [0.717, 1.165) is 4.90 Å². The summed E-state index contributed by atoms with van der Waals surface area (Å²) < 4.78 is 5.17. The van der Waals surface area contributed by atoms with Gasteiger partial charge in [0, 0.05) is 22.7 Å². The van der Waals surface area contributed by atoms with Gasteiger partial charge in [-0.05, 0) is 32.9 Å². The monoisotopic (exact) mass is 333 g/mol. The summed E-state index contributed by atoms with van der Waals surface area (Å²) in [5.74, 6) is -1.25. The van der Waals surface area contributed by atoms with Gasteiger partial charge in [-0.1, -0.05) is 29.3 Å². The van der Waals surface area contributed by atoms with Crippen LogP contribution in [0, 0.1) is 0 Å². The Morgan fingerprint density at radius 3 is 2.10 bits per heavy atom. The van der Waals surface area contributed by atoms with Gasteiger partial charge >= 0.3 is 12.1 Å². The molecular formula is C14H17Cl2NO4. The summed E-state index contributed by atoms with van der Waals surface area (Å²) in [5.41, 5.74) is -0.583. The van der Waals surface area contributed by atoms with E-state index in [1.165, 1.54) is 19.2 Å². The number of halogens is 2. The molecule has 1 N–H and O–H groups in total. The minimum absolute atomic E-state index is 0.154. The predicted octanol–water partition coefficient (Wildman–Crippen LogP) is 3.99. The van der Waals surface area contributed by atoms with Crippen LogP contribution in [-0.4, -0.2) is 34.7 Å². The van der Waals surface area contributed by atoms with Crippen molar-refractivity contribution in [3.05, 3.63) is 33.8 Å². The molecule has 1 aromatic rings. The zero-order valence-electron chi connectivity index (χ0n) is 12.2. The number of carboxylic acids is 1. The van der Waals surface area contributed by atoms with Crippen LogP contribution in [0.1, 0.15) is 32.4 Å². The van der Waals surface area contributed by atoms with Crippen molar-refractivity contribution in [1.29, 1.82) is 0 Å². The van der Waals surface area contributed by atoms with Crippen molar-refractivity contribution in [2.75, 3.05) is 7.05 Å². The molecule has 0 aromatic heterocycles. The molecule has 21 heavy (non-hydrogen) atoms. The Morgan fingerprint density at radius 1 is 1.24 bits per heavy atom. The van der Waals surface area contributed by atoms with Crippen LogP contribution >= 0.6 is 23.2 Å². The molecule has 5 nitrogen and oxygen atoms in total. The molecule has 1 aromatic carbocycles. The van der Waals surface area contributed by atoms with E-state index in [4.69, 9.17) is 27.9 Å². The van der Waals surface area contributed by atoms with Crippen LogP contribution in [0.2, 0.25) is 10.0 Å². The van der Waals surface area contributed by atoms with E-state index in [-0.39, 0.29) is 15.6 Å². The second kappa shape index (κ2) is 6.54. The predicted molar refractivity (Wildman–Crippen MR) is 80.8 cm³/mol. The van der Waals surface area contributed by atoms with Crippen LogP contribution in [0.25, 0.3) is 0 Å². The number of carbonyl (C=O) groups excluding carboxylic acids is 1. The molecule has 0 bridgehead atoms. The van der Waals surface area contributed by atoms with Crippen LogP contribution in [0.4, 0.5) is 4.79 Å². The van der Waals surface area contributed by atoms with Gasteiger partial charge in [0.25, 0.3) is 0 Å². The number of hydrogen-bond acceptors (Lipinski definition) is 3. The Bertz CT molecular complexity index is 534. The van der Waals surface area contributed by atoms with Gasteiger partial charge in [-0.2, -0.15) is 0 Å². The Balaban J connectivity index is 3.19. The molecule has 1 amide bonds. The van der Waals surface area contributed by atoms with Crippen molar-refractivity contribution in [3.63, 3.8) is 0 Å². The fraction of sp³-hybridized carbons (Fsp3) is 0.429. The van der Waals surface area contributed by atoms with Crippen LogP contribution in [0.5, 0.6) is 0 Å². The van der Waals surface area contributed by atoms with Gasteiger partial charge in [0.05, 0.1) is 0 Å². The van der Waals surface area contributed by atoms with Gasteiger partial charge in [-0.25, -0.2) is 9.59 Å². The second-order valence-electron chi connectivity index (χ2n) is 5.47. The Labute approximate surface area is 133 Å². The first-order chi connectivity index (χ1) is 9.54. The van der Waals surface area contributed by atoms with E-state index in [1.54, 1.807) is 26.8 Å². The zero-order chi connectivity index (χ0) is 16.4. The molecular weight excluding hydrogens is 317 g/mol. The molecule has 0 spiro atoms. The van der Waals surface area contributed by atoms with E-state index in [0.29, 0.717) is 0 Å². The van der Waals surface area contributed by atoms with Crippen LogP contribution in [0.15, 0.2) is 18.2 Å². The van der Waals surface area contributed by atoms with Crippen molar-refractivity contribution in [3.8, 4) is 0 Å². The number of hydrogen-bond donors (Lipinski definition) is 1. The lowest BCUT2D eigenvalue weighted by Gasteiger charge is -2.29. The maximum atomic E-state index is 12.1. The van der Waals surface area contributed by atoms with E-state index in [1.807, 2.05) is 0 Å². The van der Waals surface area contributed by atoms with Crippen LogP contribution in [0.3, 0.4) is 0 Å². The summed E-state index contributed by atoms with van der Waals surface area (Å²) in [7, 11) is 1.33. The molecule has 1 unspecified atom stereocenters. The lowest BCUT2D eigenvalue weighted by Crippen LogP contribution is -2.39. The molecule has 0 aliphatic carbocycles. The van der Waals surface area contributed by atoms with Gasteiger partial charge in [0.1, 0.15) is 5.60 Å². The number of carbonyl (C=O) groups is 2. The summed E-state index contributed by atoms with van der Waals surface area (Å²) in [6.07, 6.45) is -0.772. The Morgan fingerprint density at radius 2 is 1.71 bits per heavy atom. The fourth-order valence-corrected chi connectivity index (χ4v) is 2.30. The Hall–Kier alpha value is -1.46. The van der Waals surface area contributed by atoms with Crippen LogP contribution in [-0.2, 0) is 9.53 Å². The third-order valence-corrected chi connectivity index (χ3v) is 3.24. The standard InChI is InChI=1S/C14H17Cl2NO4/c1-14(2,3)21-13(20)17(4)11(12(18)19)10-8(15)6-5-7-9(10)16/h5-7,11H,1-4H3,(H,18,19). The fourth-order valence-electron chi connectivity index (χ4n) is 1.69. The number of carboxylic acid groups (broad SMARTS) is 1. The maximum Gasteiger partial charge on any atom is 0.411 e. The number of aliphatic carboxylic acids is 1. The third kappa shape index (κ3) is 4.51. The van der Waals surface area contributed by atoms with Crippen molar-refractivity contribution >= 4 is 35.3 Å². The number of rotatable bonds is 3. The van der Waals surface area contributed by atoms with Crippen molar-refractivity contribution < 1.29 is 19.4 Å². The first kappa shape index (κ1) is 17.6. The van der Waals surface area contributed by atoms with Crippen molar-refractivity contribution in [1.82, 2.24) is 4.90 Å². The quantitative estimate of drug-likeness (QED) is 0.908. The summed E-state index contributed by atoms with van der Waals surface area (Å²) in [5, 5.41) is 9.77. The minimum atomic E-state index is -1.33. The molecule has 0 saturated carbocycles. The van der Waals surface area contributed by atoms with Gasteiger partial charge in [0.2, 0.25) is 0 Å². The number of likely N-dealkylation sites (N-methyl/N-ethyl adjacent to an activating group) is 1. The molecule has 1 atom stereocenters. The van der Waals surface area contributed by atoms with Crippen molar-refractivity contribution in [2.45, 2.75) is 32.4 Å². The maximum absolute atomic E-state index is 12.1. The average molecular weight is 334 g/mol. The molecule has 0 heterocycles. The summed E-state index contributed by atoms with van der Waals surface area (Å²) in [6.45, 7) is 5.07. The first-order valence-electron chi connectivity index (χ1n) is 6.17. The minimum Gasteiger partial charge on any atom is -0.479 e. The summed E-state index contributed by atoms with van der Waals surface area (Å²) in [4.78, 5) is 24.6. The zero-order valence-corrected chi connectivity index (χ0v) is 13.7. The van der Waals surface area contributed by atoms with Crippen LogP contribution < -0.4 is 0 Å². The largest absolute Gasteiger partial charge is 0.479 e. The highest BCUT2D eigenvalue weighted by molar-refractivity contribution is 6.36. The normalized spacial score (nSPS) is 12.7. The number of amides is 1. The van der Waals surface area contributed by atoms with Gasteiger partial charge in [0.15, 0.2) is 6.04 Å². The number of benzene rings is 1. The Kier molecular flexibility index (Phi) is 5.48. The molecule has 0 radical (unpaired) electrons. The lowest BCUT2D eigenvalue weighted by molar-refractivity contribution is -0.142. The topological polar surface area (TPSA) is 66.8 Å². The number of nitrogens with zero attached hydrogens (tertiary/aromatic N) is 1. The SMILES string of the molecule is CN(C(=O)OC(C)(C)C)C(C(=O)O)c1c(Cl)cccc1Cl. The van der Waals surface area contributed by atoms with Crippen molar-refractivity contribution in [2.24, 2.45) is 0 Å². The number of ether oxygens (including phenoxy) is 1. The van der Waals surface area contributed by atoms with E-state index in [2.05, 4.69) is 0 Å². The third-order valence-electron chi connectivity index (χ3n) is 2.58. The molecule has 0 aliphatic heterocycles. The molecule has 0 fully saturated rings. The highest BCUT2D eigenvalue weighted by atomic mass is 35.5. The smallest absolute Gasteiger partial charge is 0.411 e. The highest BCUT2D eigenvalue weighted by Gasteiger charge is 2.34. The highest BCUT2D eigenvalue weighted by Crippen LogP contribution is 2.34. The lowest BCUT2D eigenvalue weighted by atomic mass is 10.1. The summed E-state index contributed by atoms with van der Waals surface area (Å²) >= 11 is 12.0. The molecule has 0 aliphatic rings. The van der Waals surface area contributed by atoms with E-state index in [9.17, 15) is 14.7 Å². The van der Waals surface area contributed by atoms with Gasteiger partial charge < -0.3 is 9.84 Å². The molecule has 0 saturated heterocycles. The van der Waals surface area contributed by atoms with E-state index >= 15 is 0 Å². The molecule has 116 valence electrons. The van der Waals surface area contributed by atoms with Gasteiger partial charge in [-0.15, -0.1) is 0 Å². The average Bonchev–Trinajstić information content (AvgIpc) is 2.30. The second-order valence-corrected chi connectivity index (χ2v) is 6.28.